The predicted molar refractivity (Wildman–Crippen MR) is 102 cm³/mol. The lowest BCUT2D eigenvalue weighted by molar-refractivity contribution is -0.133. The summed E-state index contributed by atoms with van der Waals surface area (Å²) in [5.74, 6) is -1.58. The summed E-state index contributed by atoms with van der Waals surface area (Å²) < 4.78 is 14.4. The highest BCUT2D eigenvalue weighted by atomic mass is 79.9. The smallest absolute Gasteiger partial charge is 0.324 e. The van der Waals surface area contributed by atoms with E-state index in [0.717, 1.165) is 9.37 Å². The Bertz CT molecular complexity index is 950. The number of halogens is 2. The molecule has 8 heteroatoms. The van der Waals surface area contributed by atoms with Gasteiger partial charge in [0, 0.05) is 10.2 Å². The predicted octanol–water partition coefficient (Wildman–Crippen LogP) is 3.30. The van der Waals surface area contributed by atoms with Crippen molar-refractivity contribution in [3.8, 4) is 0 Å². The van der Waals surface area contributed by atoms with Gasteiger partial charge in [0.05, 0.1) is 0 Å². The summed E-state index contributed by atoms with van der Waals surface area (Å²) in [6, 6.07) is 10.6. The molecule has 1 saturated heterocycles. The van der Waals surface area contributed by atoms with Gasteiger partial charge in [-0.2, -0.15) is 0 Å². The highest BCUT2D eigenvalue weighted by Gasteiger charge is 2.49. The van der Waals surface area contributed by atoms with Gasteiger partial charge in [0.15, 0.2) is 0 Å². The number of aryl methyl sites for hydroxylation is 1. The van der Waals surface area contributed by atoms with Gasteiger partial charge in [0.2, 0.25) is 5.91 Å². The van der Waals surface area contributed by atoms with Gasteiger partial charge in [-0.25, -0.2) is 9.18 Å². The van der Waals surface area contributed by atoms with E-state index in [-0.39, 0.29) is 5.69 Å². The van der Waals surface area contributed by atoms with Crippen molar-refractivity contribution in [2.45, 2.75) is 19.4 Å². The summed E-state index contributed by atoms with van der Waals surface area (Å²) >= 11 is 3.34. The summed E-state index contributed by atoms with van der Waals surface area (Å²) in [5.41, 5.74) is 0.0347. The van der Waals surface area contributed by atoms with E-state index in [4.69, 9.17) is 0 Å². The molecular weight excluding hydrogens is 417 g/mol. The molecule has 140 valence electrons. The quantitative estimate of drug-likeness (QED) is 0.725. The number of imide groups is 1. The van der Waals surface area contributed by atoms with E-state index in [2.05, 4.69) is 26.6 Å². The minimum atomic E-state index is -1.27. The molecule has 2 N–H and O–H groups in total. The van der Waals surface area contributed by atoms with Gasteiger partial charge < -0.3 is 10.6 Å². The van der Waals surface area contributed by atoms with Crippen LogP contribution >= 0.6 is 15.9 Å². The van der Waals surface area contributed by atoms with Crippen molar-refractivity contribution in [3.05, 3.63) is 63.9 Å². The zero-order chi connectivity index (χ0) is 19.8. The van der Waals surface area contributed by atoms with Crippen LogP contribution in [0, 0.1) is 12.7 Å². The summed E-state index contributed by atoms with van der Waals surface area (Å²) in [6.45, 7) is 2.73. The maximum Gasteiger partial charge on any atom is 0.325 e. The molecule has 6 nitrogen and oxygen atoms in total. The second kappa shape index (κ2) is 7.11. The lowest BCUT2D eigenvalue weighted by Gasteiger charge is -2.22. The maximum absolute atomic E-state index is 13.6. The minimum absolute atomic E-state index is 0.255. The molecule has 0 bridgehead atoms. The maximum atomic E-state index is 13.6. The van der Waals surface area contributed by atoms with Gasteiger partial charge >= 0.3 is 6.03 Å². The van der Waals surface area contributed by atoms with E-state index in [1.54, 1.807) is 44.2 Å². The molecule has 0 aliphatic carbocycles. The average molecular weight is 434 g/mol. The van der Waals surface area contributed by atoms with Crippen LogP contribution in [0.1, 0.15) is 18.1 Å². The number of carbonyl (C=O) groups is 3. The van der Waals surface area contributed by atoms with Gasteiger partial charge in [-0.3, -0.25) is 14.5 Å². The van der Waals surface area contributed by atoms with Crippen molar-refractivity contribution in [2.24, 2.45) is 0 Å². The standard InChI is InChI=1S/C19H17BrFN3O3/c1-11-6-7-14(9-15(11)21)22-16(25)10-24-17(26)19(2,23-18(24)27)12-4-3-5-13(20)8-12/h3-9H,10H2,1-2H3,(H,22,25)(H,23,27)/t19-/m1/s1. The molecule has 4 amide bonds. The summed E-state index contributed by atoms with van der Waals surface area (Å²) in [5, 5.41) is 5.13. The molecule has 2 aromatic carbocycles. The molecule has 0 spiro atoms. The van der Waals surface area contributed by atoms with Crippen LogP contribution in [-0.2, 0) is 15.1 Å². The van der Waals surface area contributed by atoms with Crippen LogP contribution in [0.25, 0.3) is 0 Å². The van der Waals surface area contributed by atoms with Crippen molar-refractivity contribution in [1.82, 2.24) is 10.2 Å². The first-order valence-corrected chi connectivity index (χ1v) is 8.96. The SMILES string of the molecule is Cc1ccc(NC(=O)CN2C(=O)N[C@](C)(c3cccc(Br)c3)C2=O)cc1F. The minimum Gasteiger partial charge on any atom is -0.324 e. The zero-order valence-corrected chi connectivity index (χ0v) is 16.3. The fourth-order valence-electron chi connectivity index (χ4n) is 2.85. The summed E-state index contributed by atoms with van der Waals surface area (Å²) in [7, 11) is 0. The molecule has 1 fully saturated rings. The number of hydrogen-bond donors (Lipinski definition) is 2. The Kier molecular flexibility index (Phi) is 5.01. The summed E-state index contributed by atoms with van der Waals surface area (Å²) in [6.07, 6.45) is 0. The third-order valence-corrected chi connectivity index (χ3v) is 4.93. The van der Waals surface area contributed by atoms with Crippen LogP contribution in [0.3, 0.4) is 0 Å². The fourth-order valence-corrected chi connectivity index (χ4v) is 3.25. The van der Waals surface area contributed by atoms with Crippen LogP contribution in [0.4, 0.5) is 14.9 Å². The van der Waals surface area contributed by atoms with Crippen molar-refractivity contribution in [2.75, 3.05) is 11.9 Å². The van der Waals surface area contributed by atoms with E-state index in [1.165, 1.54) is 12.1 Å². The van der Waals surface area contributed by atoms with Crippen molar-refractivity contribution in [1.29, 1.82) is 0 Å². The Labute approximate surface area is 163 Å². The molecule has 1 atom stereocenters. The number of nitrogens with one attached hydrogen (secondary N) is 2. The van der Waals surface area contributed by atoms with E-state index < -0.39 is 35.7 Å². The highest BCUT2D eigenvalue weighted by Crippen LogP contribution is 2.30. The Balaban J connectivity index is 1.75. The number of urea groups is 1. The first kappa shape index (κ1) is 19.0. The molecule has 1 heterocycles. The largest absolute Gasteiger partial charge is 0.325 e. The third kappa shape index (κ3) is 3.71. The Hall–Kier alpha value is -2.74. The lowest BCUT2D eigenvalue weighted by Crippen LogP contribution is -2.42. The average Bonchev–Trinajstić information content (AvgIpc) is 2.82. The number of benzene rings is 2. The van der Waals surface area contributed by atoms with Gasteiger partial charge in [0.25, 0.3) is 5.91 Å². The first-order valence-electron chi connectivity index (χ1n) is 8.17. The van der Waals surface area contributed by atoms with Gasteiger partial charge in [-0.15, -0.1) is 0 Å². The van der Waals surface area contributed by atoms with Crippen molar-refractivity contribution < 1.29 is 18.8 Å². The normalized spacial score (nSPS) is 19.2. The van der Waals surface area contributed by atoms with Crippen LogP contribution in [0.5, 0.6) is 0 Å². The molecule has 0 aromatic heterocycles. The third-order valence-electron chi connectivity index (χ3n) is 4.43. The highest BCUT2D eigenvalue weighted by molar-refractivity contribution is 9.10. The monoisotopic (exact) mass is 433 g/mol. The Morgan fingerprint density at radius 2 is 2.00 bits per heavy atom. The molecule has 1 aliphatic rings. The molecule has 0 saturated carbocycles. The van der Waals surface area contributed by atoms with Gasteiger partial charge in [-0.05, 0) is 49.2 Å². The van der Waals surface area contributed by atoms with E-state index >= 15 is 0 Å². The topological polar surface area (TPSA) is 78.5 Å². The Morgan fingerprint density at radius 3 is 2.67 bits per heavy atom. The second-order valence-electron chi connectivity index (χ2n) is 6.47. The number of anilines is 1. The van der Waals surface area contributed by atoms with Crippen molar-refractivity contribution >= 4 is 39.5 Å². The lowest BCUT2D eigenvalue weighted by atomic mass is 9.92. The molecule has 2 aromatic rings. The number of carbonyl (C=O) groups excluding carboxylic acids is 3. The van der Waals surface area contributed by atoms with E-state index in [0.29, 0.717) is 11.1 Å². The second-order valence-corrected chi connectivity index (χ2v) is 7.38. The zero-order valence-electron chi connectivity index (χ0n) is 14.7. The van der Waals surface area contributed by atoms with Crippen molar-refractivity contribution in [3.63, 3.8) is 0 Å². The van der Waals surface area contributed by atoms with Crippen LogP contribution in [0.15, 0.2) is 46.9 Å². The van der Waals surface area contributed by atoms with Gasteiger partial charge in [-0.1, -0.05) is 34.1 Å². The molecule has 27 heavy (non-hydrogen) atoms. The number of rotatable bonds is 4. The van der Waals surface area contributed by atoms with Crippen LogP contribution < -0.4 is 10.6 Å². The fraction of sp³-hybridized carbons (Fsp3) is 0.211. The van der Waals surface area contributed by atoms with E-state index in [9.17, 15) is 18.8 Å². The number of nitrogens with zero attached hydrogens (tertiary/aromatic N) is 1. The molecule has 1 aliphatic heterocycles. The van der Waals surface area contributed by atoms with Crippen LogP contribution in [0.2, 0.25) is 0 Å². The number of amides is 4. The van der Waals surface area contributed by atoms with Gasteiger partial charge in [0.1, 0.15) is 17.9 Å². The van der Waals surface area contributed by atoms with Crippen LogP contribution in [-0.4, -0.2) is 29.3 Å². The molecular formula is C19H17BrFN3O3. The Morgan fingerprint density at radius 1 is 1.26 bits per heavy atom. The molecule has 0 radical (unpaired) electrons. The molecule has 3 rings (SSSR count). The molecule has 0 unspecified atom stereocenters. The van der Waals surface area contributed by atoms with E-state index in [1.807, 2.05) is 0 Å². The summed E-state index contributed by atoms with van der Waals surface area (Å²) in [4.78, 5) is 38.2. The number of hydrogen-bond acceptors (Lipinski definition) is 3. The first-order chi connectivity index (χ1) is 12.7.